The summed E-state index contributed by atoms with van der Waals surface area (Å²) in [4.78, 5) is 15.4. The highest BCUT2D eigenvalue weighted by molar-refractivity contribution is 4.93. The third-order valence-electron chi connectivity index (χ3n) is 1.30. The summed E-state index contributed by atoms with van der Waals surface area (Å²) in [6.07, 6.45) is 2.75. The average molecular weight is 157 g/mol. The maximum atomic E-state index is 10.2. The molecule has 60 valence electrons. The summed E-state index contributed by atoms with van der Waals surface area (Å²) in [7, 11) is 0. The van der Waals surface area contributed by atoms with Crippen molar-refractivity contribution in [2.45, 2.75) is 12.6 Å². The average Bonchev–Trinajstić information content (AvgIpc) is 2.37. The second-order valence-electron chi connectivity index (χ2n) is 2.22. The zero-order valence-electron chi connectivity index (χ0n) is 5.81. The first-order valence-corrected chi connectivity index (χ1v) is 2.92. The number of aromatic nitrogens is 2. The van der Waals surface area contributed by atoms with E-state index in [9.17, 15) is 10.1 Å². The predicted octanol–water partition coefficient (Wildman–Crippen LogP) is -0.149. The summed E-state index contributed by atoms with van der Waals surface area (Å²) in [5.74, 6) is -0.0671. The lowest BCUT2D eigenvalue weighted by Gasteiger charge is -2.09. The quantitative estimate of drug-likeness (QED) is 0.354. The molecule has 1 aromatic rings. The van der Waals surface area contributed by atoms with Gasteiger partial charge in [0, 0.05) is 19.3 Å². The van der Waals surface area contributed by atoms with Crippen molar-refractivity contribution in [3.05, 3.63) is 28.3 Å². The molecule has 1 heterocycles. The minimum absolute atomic E-state index is 0.0671. The third-order valence-corrected chi connectivity index (χ3v) is 1.30. The zero-order valence-corrected chi connectivity index (χ0v) is 5.81. The summed E-state index contributed by atoms with van der Waals surface area (Å²) in [5.41, 5.74) is -2.12. The lowest BCUT2D eigenvalue weighted by molar-refractivity contribution is -0.632. The number of nitrogens with zero attached hydrogens (tertiary/aromatic N) is 2. The van der Waals surface area contributed by atoms with E-state index in [1.807, 2.05) is 0 Å². The minimum Gasteiger partial charge on any atom is -0.340 e. The predicted molar refractivity (Wildman–Crippen MR) is 35.2 cm³/mol. The van der Waals surface area contributed by atoms with E-state index in [1.165, 1.54) is 12.4 Å². The van der Waals surface area contributed by atoms with Crippen LogP contribution in [0.5, 0.6) is 0 Å². The van der Waals surface area contributed by atoms with Gasteiger partial charge in [-0.2, -0.15) is 0 Å². The number of H-pyrrole nitrogens is 1. The zero-order chi connectivity index (χ0) is 8.48. The molecule has 1 unspecified atom stereocenters. The minimum atomic E-state index is -2.12. The Morgan fingerprint density at radius 1 is 1.91 bits per heavy atom. The van der Waals surface area contributed by atoms with Crippen molar-refractivity contribution in [1.29, 1.82) is 0 Å². The van der Waals surface area contributed by atoms with E-state index >= 15 is 0 Å². The second-order valence-corrected chi connectivity index (χ2v) is 2.22. The van der Waals surface area contributed by atoms with Crippen LogP contribution in [-0.2, 0) is 5.72 Å². The molecule has 0 fully saturated rings. The second kappa shape index (κ2) is 2.31. The number of hydrogen-bond acceptors (Lipinski definition) is 4. The fraction of sp³-hybridized carbons (Fsp3) is 0.400. The van der Waals surface area contributed by atoms with E-state index in [-0.39, 0.29) is 5.82 Å². The van der Waals surface area contributed by atoms with Crippen LogP contribution >= 0.6 is 0 Å². The number of imidazole rings is 1. The van der Waals surface area contributed by atoms with Gasteiger partial charge in [-0.05, 0) is 0 Å². The number of aromatic amines is 1. The van der Waals surface area contributed by atoms with Crippen LogP contribution in [0.1, 0.15) is 12.7 Å². The molecule has 1 atom stereocenters. The highest BCUT2D eigenvalue weighted by Crippen LogP contribution is 2.15. The fourth-order valence-corrected chi connectivity index (χ4v) is 0.611. The van der Waals surface area contributed by atoms with Gasteiger partial charge < -0.3 is 10.1 Å². The Morgan fingerprint density at radius 3 is 2.91 bits per heavy atom. The number of nitro groups is 1. The van der Waals surface area contributed by atoms with E-state index in [1.54, 1.807) is 0 Å². The standard InChI is InChI=1S/C5H7N3O3/c1-5(9,8(10)11)4-6-2-3-7-4/h2-3,9H,1H3,(H,6,7). The molecule has 0 aliphatic carbocycles. The van der Waals surface area contributed by atoms with Gasteiger partial charge in [0.05, 0.1) is 4.92 Å². The van der Waals surface area contributed by atoms with Crippen LogP contribution in [0.25, 0.3) is 0 Å². The van der Waals surface area contributed by atoms with E-state index < -0.39 is 10.6 Å². The SMILES string of the molecule is CC(O)(c1ncc[nH]1)[N+](=O)[O-]. The molecule has 0 aliphatic rings. The fourth-order valence-electron chi connectivity index (χ4n) is 0.611. The number of aliphatic hydroxyl groups is 1. The van der Waals surface area contributed by atoms with Gasteiger partial charge in [0.25, 0.3) is 0 Å². The molecule has 0 saturated heterocycles. The Balaban J connectivity index is 3.00. The van der Waals surface area contributed by atoms with Crippen LogP contribution in [0.15, 0.2) is 12.4 Å². The van der Waals surface area contributed by atoms with Gasteiger partial charge in [-0.15, -0.1) is 0 Å². The Labute approximate surface area is 62.0 Å². The molecule has 11 heavy (non-hydrogen) atoms. The van der Waals surface area contributed by atoms with Gasteiger partial charge >= 0.3 is 5.72 Å². The molecule has 0 amide bonds. The Kier molecular flexibility index (Phi) is 1.61. The molecular weight excluding hydrogens is 150 g/mol. The van der Waals surface area contributed by atoms with Crippen LogP contribution in [0.4, 0.5) is 0 Å². The maximum absolute atomic E-state index is 10.2. The van der Waals surface area contributed by atoms with Crippen molar-refractivity contribution >= 4 is 0 Å². The molecule has 0 aromatic carbocycles. The number of nitrogens with one attached hydrogen (secondary N) is 1. The van der Waals surface area contributed by atoms with Crippen molar-refractivity contribution in [2.75, 3.05) is 0 Å². The maximum Gasteiger partial charge on any atom is 0.378 e. The van der Waals surface area contributed by atoms with Gasteiger partial charge in [-0.25, -0.2) is 4.98 Å². The van der Waals surface area contributed by atoms with Crippen LogP contribution < -0.4 is 0 Å². The monoisotopic (exact) mass is 157 g/mol. The molecule has 0 bridgehead atoms. The van der Waals surface area contributed by atoms with Crippen LogP contribution in [0, 0.1) is 10.1 Å². The first-order valence-electron chi connectivity index (χ1n) is 2.92. The Hall–Kier alpha value is -1.43. The molecule has 6 nitrogen and oxygen atoms in total. The molecule has 0 spiro atoms. The first-order chi connectivity index (χ1) is 5.05. The summed E-state index contributed by atoms with van der Waals surface area (Å²) < 4.78 is 0. The molecular formula is C5H7N3O3. The van der Waals surface area contributed by atoms with Crippen LogP contribution in [0.2, 0.25) is 0 Å². The molecule has 1 rings (SSSR count). The van der Waals surface area contributed by atoms with Crippen molar-refractivity contribution in [2.24, 2.45) is 0 Å². The third kappa shape index (κ3) is 1.20. The van der Waals surface area contributed by atoms with Gasteiger partial charge in [-0.3, -0.25) is 10.1 Å². The van der Waals surface area contributed by atoms with Crippen molar-refractivity contribution < 1.29 is 10.0 Å². The summed E-state index contributed by atoms with van der Waals surface area (Å²) in [6, 6.07) is 0. The Bertz CT molecular complexity index is 254. The molecule has 1 aromatic heterocycles. The van der Waals surface area contributed by atoms with E-state index in [0.29, 0.717) is 0 Å². The summed E-state index contributed by atoms with van der Waals surface area (Å²) in [6.45, 7) is 1.06. The number of rotatable bonds is 2. The summed E-state index contributed by atoms with van der Waals surface area (Å²) >= 11 is 0. The lowest BCUT2D eigenvalue weighted by Crippen LogP contribution is -2.32. The normalized spacial score (nSPS) is 15.8. The van der Waals surface area contributed by atoms with Crippen molar-refractivity contribution in [3.63, 3.8) is 0 Å². The van der Waals surface area contributed by atoms with E-state index in [4.69, 9.17) is 5.11 Å². The van der Waals surface area contributed by atoms with Crippen molar-refractivity contribution in [3.8, 4) is 0 Å². The van der Waals surface area contributed by atoms with E-state index in [0.717, 1.165) is 6.92 Å². The number of hydrogen-bond donors (Lipinski definition) is 2. The Morgan fingerprint density at radius 2 is 2.55 bits per heavy atom. The van der Waals surface area contributed by atoms with Gasteiger partial charge in [0.1, 0.15) is 0 Å². The molecule has 0 radical (unpaired) electrons. The molecule has 0 saturated carbocycles. The van der Waals surface area contributed by atoms with Gasteiger partial charge in [-0.1, -0.05) is 0 Å². The first kappa shape index (κ1) is 7.67. The van der Waals surface area contributed by atoms with Gasteiger partial charge in [0.2, 0.25) is 5.82 Å². The van der Waals surface area contributed by atoms with Crippen LogP contribution in [0.3, 0.4) is 0 Å². The largest absolute Gasteiger partial charge is 0.378 e. The smallest absolute Gasteiger partial charge is 0.340 e. The highest BCUT2D eigenvalue weighted by Gasteiger charge is 2.39. The van der Waals surface area contributed by atoms with E-state index in [2.05, 4.69) is 9.97 Å². The lowest BCUT2D eigenvalue weighted by atomic mass is 10.3. The summed E-state index contributed by atoms with van der Waals surface area (Å²) in [5, 5.41) is 19.4. The topological polar surface area (TPSA) is 92.1 Å². The molecule has 6 heteroatoms. The van der Waals surface area contributed by atoms with Crippen molar-refractivity contribution in [1.82, 2.24) is 9.97 Å². The van der Waals surface area contributed by atoms with Crippen LogP contribution in [-0.4, -0.2) is 20.0 Å². The molecule has 0 aliphatic heterocycles. The molecule has 2 N–H and O–H groups in total. The van der Waals surface area contributed by atoms with Gasteiger partial charge in [0.15, 0.2) is 0 Å². The highest BCUT2D eigenvalue weighted by atomic mass is 16.7.